The highest BCUT2D eigenvalue weighted by Gasteiger charge is 2.36. The predicted octanol–water partition coefficient (Wildman–Crippen LogP) is 2.99. The van der Waals surface area contributed by atoms with Crippen molar-refractivity contribution in [2.24, 2.45) is 0 Å². The zero-order chi connectivity index (χ0) is 21.6. The van der Waals surface area contributed by atoms with Crippen LogP contribution in [0.1, 0.15) is 34.6 Å². The monoisotopic (exact) mass is 443 g/mol. The Kier molecular flexibility index (Phi) is 5.00. The number of hydrogen-bond donors (Lipinski definition) is 0. The van der Waals surface area contributed by atoms with Gasteiger partial charge >= 0.3 is 11.9 Å². The van der Waals surface area contributed by atoms with Gasteiger partial charge in [-0.15, -0.1) is 5.10 Å². The molecule has 0 atom stereocenters. The quantitative estimate of drug-likeness (QED) is 0.583. The summed E-state index contributed by atoms with van der Waals surface area (Å²) in [5.41, 5.74) is -3.38. The van der Waals surface area contributed by atoms with Gasteiger partial charge in [-0.05, 0) is 31.0 Å². The van der Waals surface area contributed by atoms with Crippen molar-refractivity contribution in [3.05, 3.63) is 62.7 Å². The molecule has 30 heavy (non-hydrogen) atoms. The molecule has 12 heteroatoms. The van der Waals surface area contributed by atoms with Gasteiger partial charge in [-0.1, -0.05) is 11.6 Å². The molecule has 0 saturated carbocycles. The van der Waals surface area contributed by atoms with Crippen LogP contribution >= 0.6 is 11.6 Å². The Labute approximate surface area is 171 Å². The Morgan fingerprint density at radius 3 is 2.53 bits per heavy atom. The van der Waals surface area contributed by atoms with E-state index in [-0.39, 0.29) is 16.4 Å². The van der Waals surface area contributed by atoms with Crippen LogP contribution < -0.4 is 5.69 Å². The summed E-state index contributed by atoms with van der Waals surface area (Å²) in [5, 5.41) is 3.77. The fourth-order valence-corrected chi connectivity index (χ4v) is 3.53. The number of aromatic nitrogens is 4. The largest absolute Gasteiger partial charge is 0.420 e. The van der Waals surface area contributed by atoms with Gasteiger partial charge in [-0.3, -0.25) is 9.78 Å². The smallest absolute Gasteiger partial charge is 0.337 e. The van der Waals surface area contributed by atoms with Gasteiger partial charge in [0.15, 0.2) is 5.65 Å². The number of likely N-dealkylation sites (tertiary alicyclic amines) is 1. The van der Waals surface area contributed by atoms with E-state index >= 15 is 0 Å². The third-order valence-electron chi connectivity index (χ3n) is 4.83. The van der Waals surface area contributed by atoms with E-state index in [1.54, 1.807) is 0 Å². The maximum Gasteiger partial charge on any atom is 0.420 e. The van der Waals surface area contributed by atoms with E-state index in [1.807, 2.05) is 0 Å². The van der Waals surface area contributed by atoms with Crippen molar-refractivity contribution in [3.63, 3.8) is 0 Å². The molecule has 0 aliphatic carbocycles. The molecule has 1 aliphatic heterocycles. The minimum atomic E-state index is -4.81. The molecule has 1 aliphatic rings. The van der Waals surface area contributed by atoms with Crippen LogP contribution in [0.25, 0.3) is 5.65 Å². The molecule has 0 bridgehead atoms. The van der Waals surface area contributed by atoms with Crippen LogP contribution in [0.4, 0.5) is 17.6 Å². The Morgan fingerprint density at radius 2 is 1.90 bits per heavy atom. The number of hydrogen-bond acceptors (Lipinski definition) is 4. The van der Waals surface area contributed by atoms with E-state index in [0.717, 1.165) is 37.2 Å². The highest BCUT2D eigenvalue weighted by molar-refractivity contribution is 6.30. The standard InChI is InChI=1S/C18H14ClF4N5O2/c19-10-7-12(20)13(24-8-10)9-27-17(30)28-14(16(29)26-5-1-2-6-26)4-3-11(15(28)25-27)18(21,22)23/h3-4,7-8H,1-2,5-6,9H2. The van der Waals surface area contributed by atoms with E-state index < -0.39 is 41.3 Å². The zero-order valence-corrected chi connectivity index (χ0v) is 16.0. The van der Waals surface area contributed by atoms with Crippen LogP contribution in [0.3, 0.4) is 0 Å². The third kappa shape index (κ3) is 3.53. The second-order valence-corrected chi connectivity index (χ2v) is 7.25. The first-order chi connectivity index (χ1) is 14.2. The molecule has 7 nitrogen and oxygen atoms in total. The number of fused-ring (bicyclic) bond motifs is 1. The molecule has 0 unspecified atom stereocenters. The molecule has 4 rings (SSSR count). The van der Waals surface area contributed by atoms with Crippen molar-refractivity contribution in [2.75, 3.05) is 13.1 Å². The molecule has 0 aromatic carbocycles. The number of alkyl halides is 3. The molecule has 0 spiro atoms. The van der Waals surface area contributed by atoms with Gasteiger partial charge in [0.25, 0.3) is 5.91 Å². The fourth-order valence-electron chi connectivity index (χ4n) is 3.39. The van der Waals surface area contributed by atoms with Crippen molar-refractivity contribution >= 4 is 23.2 Å². The van der Waals surface area contributed by atoms with Crippen molar-refractivity contribution in [1.29, 1.82) is 0 Å². The molecule has 0 N–H and O–H groups in total. The summed E-state index contributed by atoms with van der Waals surface area (Å²) >= 11 is 5.65. The summed E-state index contributed by atoms with van der Waals surface area (Å²) in [7, 11) is 0. The molecule has 1 saturated heterocycles. The zero-order valence-electron chi connectivity index (χ0n) is 15.3. The van der Waals surface area contributed by atoms with E-state index in [1.165, 1.54) is 4.90 Å². The lowest BCUT2D eigenvalue weighted by molar-refractivity contribution is -0.136. The van der Waals surface area contributed by atoms with Gasteiger partial charge in [0.2, 0.25) is 0 Å². The average Bonchev–Trinajstić information content (AvgIpc) is 3.31. The number of rotatable bonds is 3. The Hall–Kier alpha value is -2.95. The van der Waals surface area contributed by atoms with Crippen LogP contribution in [0, 0.1) is 5.82 Å². The minimum Gasteiger partial charge on any atom is -0.337 e. The second kappa shape index (κ2) is 7.38. The van der Waals surface area contributed by atoms with Gasteiger partial charge in [0.05, 0.1) is 17.3 Å². The molecule has 3 aromatic rings. The highest BCUT2D eigenvalue weighted by Crippen LogP contribution is 2.32. The molecule has 1 amide bonds. The van der Waals surface area contributed by atoms with Crippen LogP contribution in [-0.2, 0) is 12.7 Å². The van der Waals surface area contributed by atoms with Crippen LogP contribution in [0.2, 0.25) is 5.02 Å². The number of halogens is 5. The maximum atomic E-state index is 14.1. The average molecular weight is 444 g/mol. The van der Waals surface area contributed by atoms with Gasteiger partial charge in [-0.25, -0.2) is 18.3 Å². The van der Waals surface area contributed by atoms with Crippen molar-refractivity contribution < 1.29 is 22.4 Å². The first-order valence-electron chi connectivity index (χ1n) is 8.96. The lowest BCUT2D eigenvalue weighted by atomic mass is 10.2. The first-order valence-corrected chi connectivity index (χ1v) is 9.33. The summed E-state index contributed by atoms with van der Waals surface area (Å²) in [4.78, 5) is 30.9. The highest BCUT2D eigenvalue weighted by atomic mass is 35.5. The maximum absolute atomic E-state index is 14.1. The van der Waals surface area contributed by atoms with E-state index in [0.29, 0.717) is 22.2 Å². The third-order valence-corrected chi connectivity index (χ3v) is 5.04. The molecular weight excluding hydrogens is 430 g/mol. The van der Waals surface area contributed by atoms with Gasteiger partial charge in [0.1, 0.15) is 17.1 Å². The summed E-state index contributed by atoms with van der Waals surface area (Å²) in [6, 6.07) is 2.65. The Balaban J connectivity index is 1.88. The summed E-state index contributed by atoms with van der Waals surface area (Å²) in [6.07, 6.45) is -2.13. The van der Waals surface area contributed by atoms with E-state index in [2.05, 4.69) is 10.1 Å². The van der Waals surface area contributed by atoms with Gasteiger partial charge in [-0.2, -0.15) is 13.2 Å². The summed E-state index contributed by atoms with van der Waals surface area (Å²) in [6.45, 7) is 0.368. The van der Waals surface area contributed by atoms with Crippen LogP contribution in [-0.4, -0.2) is 43.1 Å². The fraction of sp³-hybridized carbons (Fsp3) is 0.333. The van der Waals surface area contributed by atoms with Crippen molar-refractivity contribution in [2.45, 2.75) is 25.6 Å². The molecular formula is C18H14ClF4N5O2. The molecule has 0 radical (unpaired) electrons. The van der Waals surface area contributed by atoms with E-state index in [9.17, 15) is 27.2 Å². The number of nitrogens with zero attached hydrogens (tertiary/aromatic N) is 5. The van der Waals surface area contributed by atoms with Crippen LogP contribution in [0.5, 0.6) is 0 Å². The van der Waals surface area contributed by atoms with Crippen molar-refractivity contribution in [1.82, 2.24) is 24.1 Å². The number of carbonyl (C=O) groups excluding carboxylic acids is 1. The van der Waals surface area contributed by atoms with Gasteiger partial charge in [0, 0.05) is 19.3 Å². The Morgan fingerprint density at radius 1 is 1.20 bits per heavy atom. The SMILES string of the molecule is O=C(c1ccc(C(F)(F)F)c2nn(Cc3ncc(Cl)cc3F)c(=O)n12)N1CCCC1. The molecule has 158 valence electrons. The lowest BCUT2D eigenvalue weighted by Crippen LogP contribution is -2.32. The number of carbonyl (C=O) groups is 1. The normalized spacial score (nSPS) is 14.6. The summed E-state index contributed by atoms with van der Waals surface area (Å²) < 4.78 is 55.8. The topological polar surface area (TPSA) is 72.5 Å². The van der Waals surface area contributed by atoms with E-state index in [4.69, 9.17) is 11.6 Å². The predicted molar refractivity (Wildman–Crippen MR) is 97.9 cm³/mol. The lowest BCUT2D eigenvalue weighted by Gasteiger charge is -2.16. The van der Waals surface area contributed by atoms with Crippen LogP contribution in [0.15, 0.2) is 29.2 Å². The summed E-state index contributed by atoms with van der Waals surface area (Å²) in [5.74, 6) is -1.40. The molecule has 3 aromatic heterocycles. The van der Waals surface area contributed by atoms with Crippen molar-refractivity contribution in [3.8, 4) is 0 Å². The molecule has 1 fully saturated rings. The molecule has 4 heterocycles. The second-order valence-electron chi connectivity index (χ2n) is 6.81. The Bertz CT molecular complexity index is 1200. The minimum absolute atomic E-state index is 0.0245. The first kappa shape index (κ1) is 20.3. The van der Waals surface area contributed by atoms with Gasteiger partial charge < -0.3 is 4.90 Å². The number of pyridine rings is 2. The number of amides is 1.